The average molecular weight is 383 g/mol. The molecule has 132 valence electrons. The van der Waals surface area contributed by atoms with Crippen LogP contribution in [0.25, 0.3) is 22.4 Å². The summed E-state index contributed by atoms with van der Waals surface area (Å²) in [5.74, 6) is -0.150. The molecule has 0 unspecified atom stereocenters. The number of hydrogen-bond acceptors (Lipinski definition) is 6. The van der Waals surface area contributed by atoms with Gasteiger partial charge in [-0.3, -0.25) is 4.79 Å². The molecule has 0 aliphatic heterocycles. The minimum Gasteiger partial charge on any atom is -0.347 e. The second kappa shape index (κ2) is 6.66. The first-order chi connectivity index (χ1) is 12.5. The summed E-state index contributed by atoms with van der Waals surface area (Å²) < 4.78 is 5.36. The van der Waals surface area contributed by atoms with Crippen molar-refractivity contribution in [2.45, 2.75) is 27.3 Å². The first kappa shape index (κ1) is 16.9. The summed E-state index contributed by atoms with van der Waals surface area (Å²) in [6.45, 7) is 6.44. The number of nitrogens with zero attached hydrogens (tertiary/aromatic N) is 2. The van der Waals surface area contributed by atoms with E-state index in [-0.39, 0.29) is 5.91 Å². The lowest BCUT2D eigenvalue weighted by molar-refractivity contribution is 0.0953. The van der Waals surface area contributed by atoms with Crippen LogP contribution in [-0.2, 0) is 6.54 Å². The lowest BCUT2D eigenvalue weighted by atomic mass is 10.1. The summed E-state index contributed by atoms with van der Waals surface area (Å²) in [6, 6.07) is 7.90. The first-order valence-corrected chi connectivity index (χ1v) is 9.87. The van der Waals surface area contributed by atoms with Crippen LogP contribution >= 0.6 is 22.7 Å². The van der Waals surface area contributed by atoms with E-state index in [4.69, 9.17) is 4.52 Å². The van der Waals surface area contributed by atoms with Gasteiger partial charge in [0.15, 0.2) is 0 Å². The van der Waals surface area contributed by atoms with E-state index in [9.17, 15) is 4.79 Å². The Hall–Kier alpha value is -2.51. The second-order valence-electron chi connectivity index (χ2n) is 6.09. The minimum absolute atomic E-state index is 0.150. The maximum atomic E-state index is 12.9. The molecule has 0 aliphatic carbocycles. The Bertz CT molecular complexity index is 1090. The fourth-order valence-corrected chi connectivity index (χ4v) is 4.55. The number of carbonyl (C=O) groups is 1. The van der Waals surface area contributed by atoms with Crippen LogP contribution < -0.4 is 5.32 Å². The maximum Gasteiger partial charge on any atom is 0.259 e. The predicted octanol–water partition coefficient (Wildman–Crippen LogP) is 4.87. The Labute approximate surface area is 158 Å². The highest BCUT2D eigenvalue weighted by atomic mass is 32.1. The Morgan fingerprint density at radius 2 is 2.12 bits per heavy atom. The van der Waals surface area contributed by atoms with Gasteiger partial charge in [0.1, 0.15) is 0 Å². The van der Waals surface area contributed by atoms with Gasteiger partial charge >= 0.3 is 0 Å². The highest BCUT2D eigenvalue weighted by Gasteiger charge is 2.20. The molecule has 4 aromatic rings. The van der Waals surface area contributed by atoms with Crippen molar-refractivity contribution in [3.8, 4) is 11.3 Å². The summed E-state index contributed by atoms with van der Waals surface area (Å²) >= 11 is 3.33. The summed E-state index contributed by atoms with van der Waals surface area (Å²) in [5.41, 5.74) is 3.36. The van der Waals surface area contributed by atoms with Crippen molar-refractivity contribution >= 4 is 39.7 Å². The standard InChI is InChI=1S/C19H17N3O2S2/c1-10-7-14(12(3)26-10)16-8-15(17-11(2)22-24-19(17)21-16)18(23)20-9-13-5-4-6-25-13/h4-8H,9H2,1-3H3,(H,20,23). The normalized spacial score (nSPS) is 11.2. The van der Waals surface area contributed by atoms with Gasteiger partial charge in [0.25, 0.3) is 11.6 Å². The molecule has 0 spiro atoms. The fourth-order valence-electron chi connectivity index (χ4n) is 2.97. The molecule has 0 aliphatic rings. The number of hydrogen-bond donors (Lipinski definition) is 1. The zero-order chi connectivity index (χ0) is 18.3. The highest BCUT2D eigenvalue weighted by molar-refractivity contribution is 7.12. The van der Waals surface area contributed by atoms with Crippen molar-refractivity contribution < 1.29 is 9.32 Å². The van der Waals surface area contributed by atoms with Crippen LogP contribution in [0.4, 0.5) is 0 Å². The van der Waals surface area contributed by atoms with Crippen molar-refractivity contribution in [2.75, 3.05) is 0 Å². The van der Waals surface area contributed by atoms with Crippen LogP contribution in [0.15, 0.2) is 34.2 Å². The van der Waals surface area contributed by atoms with Crippen molar-refractivity contribution in [2.24, 2.45) is 0 Å². The topological polar surface area (TPSA) is 68.0 Å². The van der Waals surface area contributed by atoms with Crippen molar-refractivity contribution in [3.05, 3.63) is 55.5 Å². The Morgan fingerprint density at radius 1 is 1.27 bits per heavy atom. The van der Waals surface area contributed by atoms with Gasteiger partial charge in [-0.1, -0.05) is 11.2 Å². The van der Waals surface area contributed by atoms with Gasteiger partial charge < -0.3 is 9.84 Å². The molecule has 0 radical (unpaired) electrons. The van der Waals surface area contributed by atoms with E-state index in [1.807, 2.05) is 30.5 Å². The summed E-state index contributed by atoms with van der Waals surface area (Å²) in [7, 11) is 0. The number of carbonyl (C=O) groups excluding carboxylic acids is 1. The zero-order valence-corrected chi connectivity index (χ0v) is 16.3. The van der Waals surface area contributed by atoms with Crippen molar-refractivity contribution in [1.82, 2.24) is 15.5 Å². The third-order valence-electron chi connectivity index (χ3n) is 4.18. The lowest BCUT2D eigenvalue weighted by Crippen LogP contribution is -2.22. The molecule has 1 N–H and O–H groups in total. The molecular formula is C19H17N3O2S2. The summed E-state index contributed by atoms with van der Waals surface area (Å²) in [4.78, 5) is 20.9. The molecule has 0 aromatic carbocycles. The van der Waals surface area contributed by atoms with Crippen molar-refractivity contribution in [1.29, 1.82) is 0 Å². The van der Waals surface area contributed by atoms with Gasteiger partial charge in [-0.25, -0.2) is 4.98 Å². The maximum absolute atomic E-state index is 12.9. The predicted molar refractivity (Wildman–Crippen MR) is 105 cm³/mol. The monoisotopic (exact) mass is 383 g/mol. The van der Waals surface area contributed by atoms with E-state index in [1.54, 1.807) is 22.7 Å². The van der Waals surface area contributed by atoms with Crippen LogP contribution in [-0.4, -0.2) is 16.0 Å². The quantitative estimate of drug-likeness (QED) is 0.546. The van der Waals surface area contributed by atoms with Gasteiger partial charge in [-0.15, -0.1) is 22.7 Å². The van der Waals surface area contributed by atoms with E-state index < -0.39 is 0 Å². The molecular weight excluding hydrogens is 366 g/mol. The largest absolute Gasteiger partial charge is 0.347 e. The first-order valence-electron chi connectivity index (χ1n) is 8.18. The number of aromatic nitrogens is 2. The van der Waals surface area contributed by atoms with Gasteiger partial charge in [0, 0.05) is 20.2 Å². The van der Waals surface area contributed by atoms with Gasteiger partial charge in [-0.2, -0.15) is 0 Å². The number of thiophene rings is 2. The number of rotatable bonds is 4. The number of aryl methyl sites for hydroxylation is 3. The van der Waals surface area contributed by atoms with E-state index in [0.717, 1.165) is 21.0 Å². The highest BCUT2D eigenvalue weighted by Crippen LogP contribution is 2.32. The van der Waals surface area contributed by atoms with Gasteiger partial charge in [0.05, 0.1) is 28.9 Å². The van der Waals surface area contributed by atoms with E-state index in [2.05, 4.69) is 35.4 Å². The van der Waals surface area contributed by atoms with E-state index in [1.165, 1.54) is 4.88 Å². The molecule has 0 bridgehead atoms. The third-order valence-corrected chi connectivity index (χ3v) is 6.02. The number of nitrogens with one attached hydrogen (secondary N) is 1. The number of pyridine rings is 1. The summed E-state index contributed by atoms with van der Waals surface area (Å²) in [5, 5.41) is 9.65. The molecule has 5 nitrogen and oxygen atoms in total. The molecule has 1 amide bonds. The molecule has 0 saturated carbocycles. The number of fused-ring (bicyclic) bond motifs is 1. The second-order valence-corrected chi connectivity index (χ2v) is 8.58. The SMILES string of the molecule is Cc1cc(-c2cc(C(=O)NCc3cccs3)c3c(C)noc3n2)c(C)s1. The van der Waals surface area contributed by atoms with E-state index in [0.29, 0.717) is 28.9 Å². The van der Waals surface area contributed by atoms with E-state index >= 15 is 0 Å². The molecule has 26 heavy (non-hydrogen) atoms. The average Bonchev–Trinajstić information content (AvgIpc) is 3.33. The Morgan fingerprint density at radius 3 is 2.81 bits per heavy atom. The van der Waals surface area contributed by atoms with Crippen LogP contribution in [0.5, 0.6) is 0 Å². The smallest absolute Gasteiger partial charge is 0.259 e. The van der Waals surface area contributed by atoms with Crippen LogP contribution in [0, 0.1) is 20.8 Å². The molecule has 0 saturated heterocycles. The third kappa shape index (κ3) is 3.04. The molecule has 7 heteroatoms. The van der Waals surface area contributed by atoms with Crippen LogP contribution in [0.2, 0.25) is 0 Å². The molecule has 4 heterocycles. The molecule has 4 rings (SSSR count). The van der Waals surface area contributed by atoms with Gasteiger partial charge in [-0.05, 0) is 44.4 Å². The van der Waals surface area contributed by atoms with Gasteiger partial charge in [0.2, 0.25) is 0 Å². The molecule has 0 fully saturated rings. The minimum atomic E-state index is -0.150. The van der Waals surface area contributed by atoms with Crippen LogP contribution in [0.1, 0.15) is 30.7 Å². The lowest BCUT2D eigenvalue weighted by Gasteiger charge is -2.07. The fraction of sp³-hybridized carbons (Fsp3) is 0.211. The molecule has 0 atom stereocenters. The number of amides is 1. The summed E-state index contributed by atoms with van der Waals surface area (Å²) in [6.07, 6.45) is 0. The Balaban J connectivity index is 1.77. The Kier molecular flexibility index (Phi) is 4.34. The van der Waals surface area contributed by atoms with Crippen LogP contribution in [0.3, 0.4) is 0 Å². The zero-order valence-electron chi connectivity index (χ0n) is 14.6. The molecule has 4 aromatic heterocycles. The van der Waals surface area contributed by atoms with Crippen molar-refractivity contribution in [3.63, 3.8) is 0 Å².